The van der Waals surface area contributed by atoms with Crippen molar-refractivity contribution in [3.63, 3.8) is 0 Å². The van der Waals surface area contributed by atoms with Gasteiger partial charge in [-0.15, -0.1) is 0 Å². The highest BCUT2D eigenvalue weighted by Crippen LogP contribution is 2.40. The van der Waals surface area contributed by atoms with Gasteiger partial charge in [0.2, 0.25) is 5.91 Å². The summed E-state index contributed by atoms with van der Waals surface area (Å²) in [7, 11) is 0. The number of ether oxygens (including phenoxy) is 1. The standard InChI is InChI=1S/C23H24N2O4/c26-20(24-22(17-11-12-17)16-6-2-1-3-7-16)15-29-23(28)18-8-4-9-19(14-18)25-13-5-10-21(25)27/h1-4,6-9,14,17,22H,5,10-13,15H2,(H,24,26). The summed E-state index contributed by atoms with van der Waals surface area (Å²) in [6.45, 7) is 0.323. The number of hydrogen-bond donors (Lipinski definition) is 1. The van der Waals surface area contributed by atoms with Crippen molar-refractivity contribution in [2.24, 2.45) is 5.92 Å². The maximum atomic E-state index is 12.4. The Morgan fingerprint density at radius 2 is 1.90 bits per heavy atom. The molecule has 1 atom stereocenters. The van der Waals surface area contributed by atoms with E-state index in [2.05, 4.69) is 5.32 Å². The lowest BCUT2D eigenvalue weighted by Gasteiger charge is -2.19. The van der Waals surface area contributed by atoms with E-state index in [0.29, 0.717) is 30.1 Å². The minimum absolute atomic E-state index is 0.0492. The van der Waals surface area contributed by atoms with E-state index in [1.807, 2.05) is 30.3 Å². The highest BCUT2D eigenvalue weighted by molar-refractivity contribution is 5.97. The van der Waals surface area contributed by atoms with Crippen molar-refractivity contribution in [1.29, 1.82) is 0 Å². The van der Waals surface area contributed by atoms with E-state index in [1.54, 1.807) is 29.2 Å². The molecule has 2 aliphatic rings. The zero-order chi connectivity index (χ0) is 20.2. The number of amides is 2. The highest BCUT2D eigenvalue weighted by atomic mass is 16.5. The Labute approximate surface area is 169 Å². The van der Waals surface area contributed by atoms with Crippen molar-refractivity contribution in [3.05, 3.63) is 65.7 Å². The highest BCUT2D eigenvalue weighted by Gasteiger charge is 2.33. The molecule has 0 spiro atoms. The average Bonchev–Trinajstić information content (AvgIpc) is 3.51. The van der Waals surface area contributed by atoms with Gasteiger partial charge < -0.3 is 15.0 Å². The number of anilines is 1. The number of carbonyl (C=O) groups excluding carboxylic acids is 3. The Hall–Kier alpha value is -3.15. The van der Waals surface area contributed by atoms with Crippen LogP contribution in [0.1, 0.15) is 47.6 Å². The van der Waals surface area contributed by atoms with Gasteiger partial charge in [0, 0.05) is 18.7 Å². The maximum Gasteiger partial charge on any atom is 0.338 e. The van der Waals surface area contributed by atoms with Crippen molar-refractivity contribution in [1.82, 2.24) is 5.32 Å². The third-order valence-corrected chi connectivity index (χ3v) is 5.37. The Bertz CT molecular complexity index is 908. The summed E-state index contributed by atoms with van der Waals surface area (Å²) >= 11 is 0. The van der Waals surface area contributed by atoms with Crippen molar-refractivity contribution >= 4 is 23.5 Å². The summed E-state index contributed by atoms with van der Waals surface area (Å²) in [4.78, 5) is 38.3. The topological polar surface area (TPSA) is 75.7 Å². The molecular weight excluding hydrogens is 368 g/mol. The average molecular weight is 392 g/mol. The van der Waals surface area contributed by atoms with Crippen molar-refractivity contribution in [3.8, 4) is 0 Å². The number of benzene rings is 2. The van der Waals surface area contributed by atoms with Crippen LogP contribution in [0.15, 0.2) is 54.6 Å². The number of nitrogens with zero attached hydrogens (tertiary/aromatic N) is 1. The summed E-state index contributed by atoms with van der Waals surface area (Å²) in [5.74, 6) is -0.394. The molecule has 0 radical (unpaired) electrons. The zero-order valence-electron chi connectivity index (χ0n) is 16.2. The van der Waals surface area contributed by atoms with E-state index < -0.39 is 5.97 Å². The minimum Gasteiger partial charge on any atom is -0.452 e. The molecule has 0 aromatic heterocycles. The molecule has 0 bridgehead atoms. The summed E-state index contributed by atoms with van der Waals surface area (Å²) in [6, 6.07) is 16.6. The number of carbonyl (C=O) groups is 3. The predicted molar refractivity (Wildman–Crippen MR) is 108 cm³/mol. The molecule has 6 heteroatoms. The fourth-order valence-electron chi connectivity index (χ4n) is 3.71. The maximum absolute atomic E-state index is 12.4. The van der Waals surface area contributed by atoms with Crippen LogP contribution in [0.2, 0.25) is 0 Å². The summed E-state index contributed by atoms with van der Waals surface area (Å²) < 4.78 is 5.22. The van der Waals surface area contributed by atoms with Gasteiger partial charge in [-0.05, 0) is 48.9 Å². The first kappa shape index (κ1) is 19.2. The van der Waals surface area contributed by atoms with E-state index in [0.717, 1.165) is 24.8 Å². The second-order valence-electron chi connectivity index (χ2n) is 7.57. The Morgan fingerprint density at radius 3 is 2.59 bits per heavy atom. The molecule has 4 rings (SSSR count). The number of hydrogen-bond acceptors (Lipinski definition) is 4. The first-order chi connectivity index (χ1) is 14.1. The molecule has 1 unspecified atom stereocenters. The number of nitrogens with one attached hydrogen (secondary N) is 1. The Balaban J connectivity index is 1.34. The van der Waals surface area contributed by atoms with Crippen LogP contribution in [0.5, 0.6) is 0 Å². The molecule has 29 heavy (non-hydrogen) atoms. The van der Waals surface area contributed by atoms with Crippen LogP contribution in [0, 0.1) is 5.92 Å². The smallest absolute Gasteiger partial charge is 0.338 e. The summed E-state index contributed by atoms with van der Waals surface area (Å²) in [6.07, 6.45) is 3.51. The van der Waals surface area contributed by atoms with E-state index >= 15 is 0 Å². The van der Waals surface area contributed by atoms with E-state index in [9.17, 15) is 14.4 Å². The number of esters is 1. The summed E-state index contributed by atoms with van der Waals surface area (Å²) in [5.41, 5.74) is 2.08. The first-order valence-electron chi connectivity index (χ1n) is 10.0. The third kappa shape index (κ3) is 4.65. The largest absolute Gasteiger partial charge is 0.452 e. The van der Waals surface area contributed by atoms with Gasteiger partial charge >= 0.3 is 5.97 Å². The van der Waals surface area contributed by atoms with Crippen molar-refractivity contribution < 1.29 is 19.1 Å². The molecule has 1 aliphatic heterocycles. The quantitative estimate of drug-likeness (QED) is 0.734. The monoisotopic (exact) mass is 392 g/mol. The molecule has 2 aromatic carbocycles. The van der Waals surface area contributed by atoms with Gasteiger partial charge in [0.05, 0.1) is 11.6 Å². The molecule has 1 saturated carbocycles. The molecule has 150 valence electrons. The molecule has 2 amide bonds. The van der Waals surface area contributed by atoms with Crippen LogP contribution < -0.4 is 10.2 Å². The minimum atomic E-state index is -0.573. The first-order valence-corrected chi connectivity index (χ1v) is 10.0. The Kier molecular flexibility index (Phi) is 5.60. The van der Waals surface area contributed by atoms with Crippen LogP contribution in [-0.4, -0.2) is 30.9 Å². The molecule has 6 nitrogen and oxygen atoms in total. The van der Waals surface area contributed by atoms with Gasteiger partial charge in [0.25, 0.3) is 5.91 Å². The van der Waals surface area contributed by atoms with Crippen LogP contribution in [-0.2, 0) is 14.3 Å². The Morgan fingerprint density at radius 1 is 1.10 bits per heavy atom. The molecule has 1 N–H and O–H groups in total. The van der Waals surface area contributed by atoms with Gasteiger partial charge in [-0.2, -0.15) is 0 Å². The second kappa shape index (κ2) is 8.47. The van der Waals surface area contributed by atoms with E-state index in [-0.39, 0.29) is 24.5 Å². The lowest BCUT2D eigenvalue weighted by atomic mass is 10.0. The zero-order valence-corrected chi connectivity index (χ0v) is 16.2. The van der Waals surface area contributed by atoms with Gasteiger partial charge in [-0.3, -0.25) is 9.59 Å². The molecule has 1 saturated heterocycles. The fraction of sp³-hybridized carbons (Fsp3) is 0.348. The van der Waals surface area contributed by atoms with Gasteiger partial charge in [-0.1, -0.05) is 36.4 Å². The molecule has 2 aromatic rings. The lowest BCUT2D eigenvalue weighted by molar-refractivity contribution is -0.125. The molecule has 2 fully saturated rings. The second-order valence-corrected chi connectivity index (χ2v) is 7.57. The summed E-state index contributed by atoms with van der Waals surface area (Å²) in [5, 5.41) is 2.99. The molecule has 1 aliphatic carbocycles. The van der Waals surface area contributed by atoms with Gasteiger partial charge in [0.1, 0.15) is 0 Å². The van der Waals surface area contributed by atoms with Crippen LogP contribution in [0.4, 0.5) is 5.69 Å². The number of rotatable bonds is 7. The van der Waals surface area contributed by atoms with Crippen LogP contribution in [0.25, 0.3) is 0 Å². The fourth-order valence-corrected chi connectivity index (χ4v) is 3.71. The van der Waals surface area contributed by atoms with Crippen molar-refractivity contribution in [2.45, 2.75) is 31.7 Å². The normalized spacial score (nSPS) is 17.1. The third-order valence-electron chi connectivity index (χ3n) is 5.37. The van der Waals surface area contributed by atoms with Crippen molar-refractivity contribution in [2.75, 3.05) is 18.1 Å². The lowest BCUT2D eigenvalue weighted by Crippen LogP contribution is -2.33. The SMILES string of the molecule is O=C(COC(=O)c1cccc(N2CCCC2=O)c1)NC(c1ccccc1)C1CC1. The van der Waals surface area contributed by atoms with Crippen LogP contribution >= 0.6 is 0 Å². The van der Waals surface area contributed by atoms with E-state index in [4.69, 9.17) is 4.74 Å². The predicted octanol–water partition coefficient (Wildman–Crippen LogP) is 3.24. The molecular formula is C23H24N2O4. The molecule has 1 heterocycles. The van der Waals surface area contributed by atoms with E-state index in [1.165, 1.54) is 0 Å². The van der Waals surface area contributed by atoms with Gasteiger partial charge in [0.15, 0.2) is 6.61 Å². The van der Waals surface area contributed by atoms with Crippen LogP contribution in [0.3, 0.4) is 0 Å². The van der Waals surface area contributed by atoms with Gasteiger partial charge in [-0.25, -0.2) is 4.79 Å².